The van der Waals surface area contributed by atoms with Crippen LogP contribution in [0.2, 0.25) is 0 Å². The monoisotopic (exact) mass is 499 g/mol. The summed E-state index contributed by atoms with van der Waals surface area (Å²) in [6, 6.07) is 17.4. The number of carbonyl (C=O) groups excluding carboxylic acids is 2. The van der Waals surface area contributed by atoms with Gasteiger partial charge in [0.05, 0.1) is 12.2 Å². The van der Waals surface area contributed by atoms with Gasteiger partial charge in [0.15, 0.2) is 0 Å². The third-order valence-corrected chi connectivity index (χ3v) is 6.87. The van der Waals surface area contributed by atoms with E-state index in [1.807, 2.05) is 18.2 Å². The maximum atomic E-state index is 12.9. The highest BCUT2D eigenvalue weighted by atomic mass is 35.5. The van der Waals surface area contributed by atoms with E-state index in [9.17, 15) is 9.59 Å². The van der Waals surface area contributed by atoms with Crippen LogP contribution in [0, 0.1) is 0 Å². The van der Waals surface area contributed by atoms with Crippen LogP contribution in [0.4, 0.5) is 5.00 Å². The summed E-state index contributed by atoms with van der Waals surface area (Å²) < 4.78 is 5.66. The number of nitrogens with one attached hydrogen (secondary N) is 1. The molecule has 0 saturated carbocycles. The van der Waals surface area contributed by atoms with Crippen LogP contribution in [-0.4, -0.2) is 29.9 Å². The first-order valence-corrected chi connectivity index (χ1v) is 12.1. The van der Waals surface area contributed by atoms with E-state index in [2.05, 4.69) is 29.3 Å². The second-order valence-corrected chi connectivity index (χ2v) is 9.30. The Labute approximate surface area is 210 Å². The first kappa shape index (κ1) is 25.7. The van der Waals surface area contributed by atoms with Crippen molar-refractivity contribution in [2.24, 2.45) is 5.73 Å². The van der Waals surface area contributed by atoms with Crippen LogP contribution in [0.3, 0.4) is 0 Å². The second kappa shape index (κ2) is 12.0. The fourth-order valence-electron chi connectivity index (χ4n) is 3.99. The van der Waals surface area contributed by atoms with Crippen molar-refractivity contribution in [3.63, 3.8) is 0 Å². The van der Waals surface area contributed by atoms with Crippen molar-refractivity contribution in [1.29, 1.82) is 0 Å². The lowest BCUT2D eigenvalue weighted by molar-refractivity contribution is 0.0999. The molecule has 0 unspecified atom stereocenters. The number of nitrogens with zero attached hydrogens (tertiary/aromatic N) is 1. The summed E-state index contributed by atoms with van der Waals surface area (Å²) in [5, 5.41) is 3.45. The predicted octanol–water partition coefficient (Wildman–Crippen LogP) is 5.26. The van der Waals surface area contributed by atoms with Crippen LogP contribution in [0.25, 0.3) is 0 Å². The molecule has 1 aliphatic heterocycles. The van der Waals surface area contributed by atoms with E-state index in [0.29, 0.717) is 22.7 Å². The highest BCUT2D eigenvalue weighted by Crippen LogP contribution is 2.37. The van der Waals surface area contributed by atoms with Gasteiger partial charge in [0, 0.05) is 30.1 Å². The van der Waals surface area contributed by atoms with Gasteiger partial charge < -0.3 is 15.8 Å². The smallest absolute Gasteiger partial charge is 0.256 e. The highest BCUT2D eigenvalue weighted by molar-refractivity contribution is 7.17. The quantitative estimate of drug-likeness (QED) is 0.393. The summed E-state index contributed by atoms with van der Waals surface area (Å²) in [6.45, 7) is 5.19. The number of thiophene rings is 1. The van der Waals surface area contributed by atoms with Gasteiger partial charge in [-0.2, -0.15) is 0 Å². The molecule has 0 fully saturated rings. The average Bonchev–Trinajstić information content (AvgIpc) is 3.17. The van der Waals surface area contributed by atoms with Crippen molar-refractivity contribution in [2.75, 3.05) is 18.5 Å². The van der Waals surface area contributed by atoms with Gasteiger partial charge in [-0.3, -0.25) is 14.5 Å². The molecular formula is C26H30ClN3O3S. The topological polar surface area (TPSA) is 84.7 Å². The zero-order chi connectivity index (χ0) is 23.2. The van der Waals surface area contributed by atoms with Crippen molar-refractivity contribution < 1.29 is 14.3 Å². The Hall–Kier alpha value is -2.87. The van der Waals surface area contributed by atoms with Crippen LogP contribution in [0.5, 0.6) is 5.75 Å². The summed E-state index contributed by atoms with van der Waals surface area (Å²) >= 11 is 1.45. The summed E-state index contributed by atoms with van der Waals surface area (Å²) in [4.78, 5) is 28.6. The molecule has 0 bridgehead atoms. The minimum Gasteiger partial charge on any atom is -0.494 e. The maximum absolute atomic E-state index is 12.9. The third kappa shape index (κ3) is 6.17. The molecule has 0 saturated heterocycles. The molecule has 0 radical (unpaired) electrons. The number of halogens is 1. The predicted molar refractivity (Wildman–Crippen MR) is 139 cm³/mol. The molecule has 0 aliphatic carbocycles. The standard InChI is InChI=1S/C26H29N3O3S.ClH/c1-2-3-15-32-20-11-9-19(10-12-20)25(31)28-26-23(24(27)30)21-13-14-29(17-22(21)33-26)16-18-7-5-4-6-8-18;/h4-12H,2-3,13-17H2,1H3,(H2,27,30)(H,28,31);1H. The van der Waals surface area contributed by atoms with Crippen LogP contribution in [0.1, 0.15) is 56.5 Å². The molecule has 2 aromatic carbocycles. The van der Waals surface area contributed by atoms with E-state index in [1.165, 1.54) is 16.9 Å². The normalized spacial score (nSPS) is 13.0. The Balaban J connectivity index is 0.00000324. The van der Waals surface area contributed by atoms with Gasteiger partial charge in [-0.05, 0) is 48.2 Å². The van der Waals surface area contributed by atoms with Crippen LogP contribution in [0.15, 0.2) is 54.6 Å². The van der Waals surface area contributed by atoms with Crippen molar-refractivity contribution in [3.05, 3.63) is 81.7 Å². The zero-order valence-corrected chi connectivity index (χ0v) is 20.8. The molecular weight excluding hydrogens is 470 g/mol. The molecule has 1 aliphatic rings. The van der Waals surface area contributed by atoms with Crippen molar-refractivity contribution in [1.82, 2.24) is 4.90 Å². The molecule has 34 heavy (non-hydrogen) atoms. The number of hydrogen-bond donors (Lipinski definition) is 2. The Morgan fingerprint density at radius 1 is 1.12 bits per heavy atom. The molecule has 0 atom stereocenters. The minimum atomic E-state index is -0.501. The largest absolute Gasteiger partial charge is 0.494 e. The van der Waals surface area contributed by atoms with Gasteiger partial charge >= 0.3 is 0 Å². The first-order chi connectivity index (χ1) is 16.0. The van der Waals surface area contributed by atoms with Crippen molar-refractivity contribution in [2.45, 2.75) is 39.3 Å². The minimum absolute atomic E-state index is 0. The summed E-state index contributed by atoms with van der Waals surface area (Å²) in [7, 11) is 0. The highest BCUT2D eigenvalue weighted by Gasteiger charge is 2.28. The number of rotatable bonds is 9. The van der Waals surface area contributed by atoms with Gasteiger partial charge in [0.25, 0.3) is 11.8 Å². The Bertz CT molecular complexity index is 1120. The first-order valence-electron chi connectivity index (χ1n) is 11.3. The number of nitrogens with two attached hydrogens (primary N) is 1. The Morgan fingerprint density at radius 3 is 2.53 bits per heavy atom. The molecule has 1 aromatic heterocycles. The molecule has 3 aromatic rings. The molecule has 180 valence electrons. The second-order valence-electron chi connectivity index (χ2n) is 8.20. The van der Waals surface area contributed by atoms with E-state index in [4.69, 9.17) is 10.5 Å². The Morgan fingerprint density at radius 2 is 1.85 bits per heavy atom. The number of fused-ring (bicyclic) bond motifs is 1. The van der Waals surface area contributed by atoms with Crippen molar-refractivity contribution in [3.8, 4) is 5.75 Å². The van der Waals surface area contributed by atoms with E-state index in [0.717, 1.165) is 55.1 Å². The number of anilines is 1. The number of primary amides is 1. The van der Waals surface area contributed by atoms with Crippen LogP contribution in [-0.2, 0) is 19.5 Å². The van der Waals surface area contributed by atoms with E-state index in [-0.39, 0.29) is 18.3 Å². The third-order valence-electron chi connectivity index (χ3n) is 5.74. The number of ether oxygens (including phenoxy) is 1. The maximum Gasteiger partial charge on any atom is 0.256 e. The molecule has 6 nitrogen and oxygen atoms in total. The molecule has 2 amide bonds. The number of hydrogen-bond acceptors (Lipinski definition) is 5. The van der Waals surface area contributed by atoms with Gasteiger partial charge in [0.2, 0.25) is 0 Å². The van der Waals surface area contributed by atoms with E-state index >= 15 is 0 Å². The molecule has 3 N–H and O–H groups in total. The van der Waals surface area contributed by atoms with Gasteiger partial charge in [-0.1, -0.05) is 43.7 Å². The van der Waals surface area contributed by atoms with Crippen LogP contribution < -0.4 is 15.8 Å². The van der Waals surface area contributed by atoms with Crippen molar-refractivity contribution >= 4 is 40.6 Å². The van der Waals surface area contributed by atoms with Gasteiger partial charge in [0.1, 0.15) is 10.8 Å². The van der Waals surface area contributed by atoms with E-state index < -0.39 is 5.91 Å². The summed E-state index contributed by atoms with van der Waals surface area (Å²) in [5.41, 5.74) is 8.89. The molecule has 4 rings (SSSR count). The van der Waals surface area contributed by atoms with Crippen LogP contribution >= 0.6 is 23.7 Å². The Kier molecular flexibility index (Phi) is 9.10. The van der Waals surface area contributed by atoms with Gasteiger partial charge in [-0.15, -0.1) is 23.7 Å². The van der Waals surface area contributed by atoms with E-state index in [1.54, 1.807) is 24.3 Å². The summed E-state index contributed by atoms with van der Waals surface area (Å²) in [6.07, 6.45) is 2.79. The van der Waals surface area contributed by atoms with Gasteiger partial charge in [-0.25, -0.2) is 0 Å². The molecule has 0 spiro atoms. The lowest BCUT2D eigenvalue weighted by atomic mass is 10.0. The number of amides is 2. The number of carbonyl (C=O) groups is 2. The molecule has 2 heterocycles. The summed E-state index contributed by atoms with van der Waals surface area (Å²) in [5.74, 6) is -0.0285. The number of benzene rings is 2. The molecule has 8 heteroatoms. The number of unbranched alkanes of at least 4 members (excludes halogenated alkanes) is 1. The lowest BCUT2D eigenvalue weighted by Gasteiger charge is -2.27. The lowest BCUT2D eigenvalue weighted by Crippen LogP contribution is -2.30. The SMILES string of the molecule is CCCCOc1ccc(C(=O)Nc2sc3c(c2C(N)=O)CCN(Cc2ccccc2)C3)cc1.Cl. The fraction of sp³-hybridized carbons (Fsp3) is 0.308. The fourth-order valence-corrected chi connectivity index (χ4v) is 5.28. The average molecular weight is 500 g/mol. The zero-order valence-electron chi connectivity index (χ0n) is 19.2.